The van der Waals surface area contributed by atoms with Crippen LogP contribution in [-0.4, -0.2) is 41.7 Å². The smallest absolute Gasteiger partial charge is 0.238 e. The summed E-state index contributed by atoms with van der Waals surface area (Å²) in [5, 5.41) is 21.2. The van der Waals surface area contributed by atoms with E-state index in [-0.39, 0.29) is 12.0 Å². The van der Waals surface area contributed by atoms with Gasteiger partial charge in [0.2, 0.25) is 5.91 Å². The molecule has 0 radical (unpaired) electrons. The second-order valence-electron chi connectivity index (χ2n) is 5.59. The quantitative estimate of drug-likeness (QED) is 0.881. The fourth-order valence-electron chi connectivity index (χ4n) is 2.66. The van der Waals surface area contributed by atoms with Gasteiger partial charge < -0.3 is 10.4 Å². The summed E-state index contributed by atoms with van der Waals surface area (Å²) >= 11 is 0. The third-order valence-corrected chi connectivity index (χ3v) is 3.96. The largest absolute Gasteiger partial charge is 0.393 e. The Morgan fingerprint density at radius 3 is 2.86 bits per heavy atom. The summed E-state index contributed by atoms with van der Waals surface area (Å²) in [6.07, 6.45) is 1.58. The monoisotopic (exact) mass is 287 g/mol. The van der Waals surface area contributed by atoms with Crippen molar-refractivity contribution in [2.75, 3.05) is 25.0 Å². The van der Waals surface area contributed by atoms with Crippen LogP contribution < -0.4 is 5.32 Å². The van der Waals surface area contributed by atoms with Gasteiger partial charge in [-0.15, -0.1) is 0 Å². The minimum absolute atomic E-state index is 0.0689. The Balaban J connectivity index is 1.81. The summed E-state index contributed by atoms with van der Waals surface area (Å²) in [5.41, 5.74) is 1.18. The Morgan fingerprint density at radius 1 is 1.52 bits per heavy atom. The first-order chi connectivity index (χ1) is 10.1. The minimum Gasteiger partial charge on any atom is -0.393 e. The van der Waals surface area contributed by atoms with Gasteiger partial charge in [0.15, 0.2) is 0 Å². The number of aliphatic hydroxyl groups is 1. The summed E-state index contributed by atoms with van der Waals surface area (Å²) in [6.45, 7) is 3.85. The van der Waals surface area contributed by atoms with Gasteiger partial charge in [-0.2, -0.15) is 5.26 Å². The van der Waals surface area contributed by atoms with Gasteiger partial charge in [-0.25, -0.2) is 0 Å². The molecule has 1 saturated heterocycles. The number of piperidine rings is 1. The minimum atomic E-state index is -0.269. The molecule has 0 saturated carbocycles. The summed E-state index contributed by atoms with van der Waals surface area (Å²) < 4.78 is 0. The number of hydrogen-bond acceptors (Lipinski definition) is 4. The van der Waals surface area contributed by atoms with Gasteiger partial charge in [0.1, 0.15) is 0 Å². The van der Waals surface area contributed by atoms with Crippen molar-refractivity contribution >= 4 is 11.6 Å². The molecule has 1 aromatic carbocycles. The molecule has 5 nitrogen and oxygen atoms in total. The van der Waals surface area contributed by atoms with Gasteiger partial charge in [-0.3, -0.25) is 9.69 Å². The Bertz CT molecular complexity index is 529. The van der Waals surface area contributed by atoms with Gasteiger partial charge in [0.25, 0.3) is 0 Å². The number of nitriles is 1. The number of anilines is 1. The number of carbonyl (C=O) groups is 1. The van der Waals surface area contributed by atoms with E-state index >= 15 is 0 Å². The number of rotatable bonds is 4. The van der Waals surface area contributed by atoms with Crippen LogP contribution in [0.1, 0.15) is 25.3 Å². The van der Waals surface area contributed by atoms with Crippen molar-refractivity contribution in [3.63, 3.8) is 0 Å². The Morgan fingerprint density at radius 2 is 2.24 bits per heavy atom. The van der Waals surface area contributed by atoms with Crippen molar-refractivity contribution < 1.29 is 9.90 Å². The number of likely N-dealkylation sites (tertiary alicyclic amines) is 1. The number of aliphatic hydroxyl groups excluding tert-OH is 1. The fraction of sp³-hybridized carbons (Fsp3) is 0.500. The molecule has 1 aliphatic heterocycles. The van der Waals surface area contributed by atoms with Crippen LogP contribution in [0.4, 0.5) is 5.69 Å². The molecule has 1 fully saturated rings. The molecule has 0 spiro atoms. The highest BCUT2D eigenvalue weighted by molar-refractivity contribution is 5.92. The SMILES string of the molecule is CC(O)C1CCN(CC(=O)Nc2cccc(C#N)c2)CC1. The van der Waals surface area contributed by atoms with E-state index in [1.54, 1.807) is 24.3 Å². The highest BCUT2D eigenvalue weighted by Crippen LogP contribution is 2.20. The first-order valence-corrected chi connectivity index (χ1v) is 7.29. The van der Waals surface area contributed by atoms with Crippen LogP contribution in [0.5, 0.6) is 0 Å². The molecule has 0 bridgehead atoms. The maximum absolute atomic E-state index is 12.0. The normalized spacial score (nSPS) is 18.0. The van der Waals surface area contributed by atoms with Gasteiger partial charge in [-0.1, -0.05) is 6.07 Å². The van der Waals surface area contributed by atoms with Crippen LogP contribution in [0.3, 0.4) is 0 Å². The third kappa shape index (κ3) is 4.55. The molecule has 1 aliphatic rings. The molecule has 21 heavy (non-hydrogen) atoms. The predicted molar refractivity (Wildman–Crippen MR) is 80.6 cm³/mol. The van der Waals surface area contributed by atoms with Crippen molar-refractivity contribution in [1.29, 1.82) is 5.26 Å². The number of amides is 1. The van der Waals surface area contributed by atoms with Crippen LogP contribution in [-0.2, 0) is 4.79 Å². The number of benzene rings is 1. The summed E-state index contributed by atoms with van der Waals surface area (Å²) in [7, 11) is 0. The zero-order chi connectivity index (χ0) is 15.2. The lowest BCUT2D eigenvalue weighted by Gasteiger charge is -2.32. The predicted octanol–water partition coefficient (Wildman–Crippen LogP) is 1.59. The van der Waals surface area contributed by atoms with E-state index in [4.69, 9.17) is 5.26 Å². The maximum Gasteiger partial charge on any atom is 0.238 e. The van der Waals surface area contributed by atoms with Gasteiger partial charge in [-0.05, 0) is 57.0 Å². The van der Waals surface area contributed by atoms with Crippen LogP contribution in [0.15, 0.2) is 24.3 Å². The van der Waals surface area contributed by atoms with E-state index in [9.17, 15) is 9.90 Å². The molecule has 1 unspecified atom stereocenters. The standard InChI is InChI=1S/C16H21N3O2/c1-12(20)14-5-7-19(8-6-14)11-16(21)18-15-4-2-3-13(9-15)10-17/h2-4,9,12,14,20H,5-8,11H2,1H3,(H,18,21). The molecule has 2 rings (SSSR count). The van der Waals surface area contributed by atoms with Crippen LogP contribution in [0.2, 0.25) is 0 Å². The molecule has 1 atom stereocenters. The lowest BCUT2D eigenvalue weighted by molar-refractivity contribution is -0.117. The van der Waals surface area contributed by atoms with Crippen molar-refractivity contribution in [2.24, 2.45) is 5.92 Å². The number of nitrogens with one attached hydrogen (secondary N) is 1. The van der Waals surface area contributed by atoms with Gasteiger partial charge >= 0.3 is 0 Å². The van der Waals surface area contributed by atoms with Crippen molar-refractivity contribution in [2.45, 2.75) is 25.9 Å². The van der Waals surface area contributed by atoms with E-state index in [0.29, 0.717) is 23.7 Å². The molecule has 0 aliphatic carbocycles. The maximum atomic E-state index is 12.0. The third-order valence-electron chi connectivity index (χ3n) is 3.96. The molecular weight excluding hydrogens is 266 g/mol. The number of nitrogens with zero attached hydrogens (tertiary/aromatic N) is 2. The lowest BCUT2D eigenvalue weighted by Crippen LogP contribution is -2.41. The Hall–Kier alpha value is -1.90. The van der Waals surface area contributed by atoms with Crippen molar-refractivity contribution in [3.8, 4) is 6.07 Å². The molecule has 1 aromatic rings. The van der Waals surface area contributed by atoms with Crippen LogP contribution in [0, 0.1) is 17.2 Å². The fourth-order valence-corrected chi connectivity index (χ4v) is 2.66. The Kier molecular flexibility index (Phi) is 5.32. The number of carbonyl (C=O) groups excluding carboxylic acids is 1. The molecule has 0 aromatic heterocycles. The second-order valence-corrected chi connectivity index (χ2v) is 5.59. The Labute approximate surface area is 125 Å². The second kappa shape index (κ2) is 7.21. The van der Waals surface area contributed by atoms with Crippen LogP contribution in [0.25, 0.3) is 0 Å². The average molecular weight is 287 g/mol. The first-order valence-electron chi connectivity index (χ1n) is 7.29. The zero-order valence-electron chi connectivity index (χ0n) is 12.2. The average Bonchev–Trinajstić information content (AvgIpc) is 2.47. The van der Waals surface area contributed by atoms with Crippen LogP contribution >= 0.6 is 0 Å². The van der Waals surface area contributed by atoms with E-state index in [1.807, 2.05) is 6.92 Å². The topological polar surface area (TPSA) is 76.4 Å². The zero-order valence-corrected chi connectivity index (χ0v) is 12.2. The van der Waals surface area contributed by atoms with E-state index in [2.05, 4.69) is 16.3 Å². The van der Waals surface area contributed by atoms with Crippen molar-refractivity contribution in [1.82, 2.24) is 4.90 Å². The van der Waals surface area contributed by atoms with E-state index in [0.717, 1.165) is 25.9 Å². The molecule has 1 amide bonds. The summed E-state index contributed by atoms with van der Waals surface area (Å²) in [4.78, 5) is 14.1. The van der Waals surface area contributed by atoms with Gasteiger partial charge in [0, 0.05) is 5.69 Å². The summed E-state index contributed by atoms with van der Waals surface area (Å²) in [5.74, 6) is 0.275. The van der Waals surface area contributed by atoms with E-state index in [1.165, 1.54) is 0 Å². The molecule has 1 heterocycles. The molecule has 2 N–H and O–H groups in total. The van der Waals surface area contributed by atoms with E-state index < -0.39 is 0 Å². The van der Waals surface area contributed by atoms with Crippen molar-refractivity contribution in [3.05, 3.63) is 29.8 Å². The summed E-state index contributed by atoms with van der Waals surface area (Å²) in [6, 6.07) is 8.95. The highest BCUT2D eigenvalue weighted by Gasteiger charge is 2.23. The number of hydrogen-bond donors (Lipinski definition) is 2. The molecule has 5 heteroatoms. The highest BCUT2D eigenvalue weighted by atomic mass is 16.3. The molecular formula is C16H21N3O2. The van der Waals surface area contributed by atoms with Gasteiger partial charge in [0.05, 0.1) is 24.3 Å². The molecule has 112 valence electrons. The lowest BCUT2D eigenvalue weighted by atomic mass is 9.92. The first kappa shape index (κ1) is 15.5.